The van der Waals surface area contributed by atoms with E-state index in [0.717, 1.165) is 50.0 Å². The van der Waals surface area contributed by atoms with Gasteiger partial charge in [0.25, 0.3) is 0 Å². The molecule has 5 rings (SSSR count). The first-order valence-corrected chi connectivity index (χ1v) is 12.0. The Labute approximate surface area is 187 Å². The highest BCUT2D eigenvalue weighted by Gasteiger charge is 2.46. The Morgan fingerprint density at radius 1 is 0.742 bits per heavy atom. The van der Waals surface area contributed by atoms with Gasteiger partial charge in [-0.25, -0.2) is 0 Å². The van der Waals surface area contributed by atoms with Crippen LogP contribution >= 0.6 is 0 Å². The van der Waals surface area contributed by atoms with Crippen molar-refractivity contribution in [3.05, 3.63) is 71.8 Å². The Kier molecular flexibility index (Phi) is 4.95. The SMILES string of the molecule is CC1(C)/C=C/C[C@]2(C)Oc3ccccc3C[C@H]2CC[C@]2(C)Oc3ccccc3C[C@H]2C1. The molecule has 3 aliphatic rings. The van der Waals surface area contributed by atoms with Gasteiger partial charge in [-0.1, -0.05) is 62.4 Å². The van der Waals surface area contributed by atoms with Crippen LogP contribution in [0.25, 0.3) is 0 Å². The Balaban J connectivity index is 1.52. The topological polar surface area (TPSA) is 18.5 Å². The van der Waals surface area contributed by atoms with Crippen LogP contribution in [0.1, 0.15) is 64.5 Å². The number of hydrogen-bond acceptors (Lipinski definition) is 2. The first kappa shape index (κ1) is 20.7. The fraction of sp³-hybridized carbons (Fsp3) is 0.517. The van der Waals surface area contributed by atoms with Gasteiger partial charge in [-0.3, -0.25) is 0 Å². The van der Waals surface area contributed by atoms with E-state index in [9.17, 15) is 0 Å². The third-order valence-electron chi connectivity index (χ3n) is 8.15. The molecule has 0 aromatic heterocycles. The molecule has 0 saturated carbocycles. The van der Waals surface area contributed by atoms with Gasteiger partial charge in [0.1, 0.15) is 22.7 Å². The first-order chi connectivity index (χ1) is 14.8. The van der Waals surface area contributed by atoms with E-state index in [2.05, 4.69) is 88.4 Å². The number of benzene rings is 2. The first-order valence-electron chi connectivity index (χ1n) is 12.0. The van der Waals surface area contributed by atoms with E-state index in [0.29, 0.717) is 11.8 Å². The van der Waals surface area contributed by atoms with Crippen LogP contribution in [0.2, 0.25) is 0 Å². The molecule has 2 heteroatoms. The zero-order chi connectivity index (χ0) is 21.7. The van der Waals surface area contributed by atoms with Crippen molar-refractivity contribution in [2.75, 3.05) is 0 Å². The average molecular weight is 417 g/mol. The summed E-state index contributed by atoms with van der Waals surface area (Å²) >= 11 is 0. The summed E-state index contributed by atoms with van der Waals surface area (Å²) in [6.45, 7) is 9.43. The maximum atomic E-state index is 6.81. The molecule has 1 aliphatic carbocycles. The molecular weight excluding hydrogens is 380 g/mol. The lowest BCUT2D eigenvalue weighted by Crippen LogP contribution is -2.49. The van der Waals surface area contributed by atoms with E-state index >= 15 is 0 Å². The molecule has 0 fully saturated rings. The molecule has 0 radical (unpaired) electrons. The summed E-state index contributed by atoms with van der Waals surface area (Å²) in [5, 5.41) is 0. The van der Waals surface area contributed by atoms with Crippen LogP contribution in [-0.2, 0) is 12.8 Å². The fourth-order valence-corrected chi connectivity index (χ4v) is 6.11. The summed E-state index contributed by atoms with van der Waals surface area (Å²) in [4.78, 5) is 0. The number of para-hydroxylation sites is 2. The third kappa shape index (κ3) is 3.90. The second kappa shape index (κ2) is 7.43. The standard InChI is InChI=1S/C29H36O2/c1-27(2)15-9-16-28(3)23(18-21-10-5-7-12-25(21)30-28)14-17-29(4)24(20-27)19-22-11-6-8-13-26(22)31-29/h5-13,15,23-24H,14,16-20H2,1-4H3/b15-9+/t23-,24+,28+,29+/m1/s1. The monoisotopic (exact) mass is 416 g/mol. The van der Waals surface area contributed by atoms with Crippen molar-refractivity contribution in [1.82, 2.24) is 0 Å². The lowest BCUT2D eigenvalue weighted by molar-refractivity contribution is -0.0357. The van der Waals surface area contributed by atoms with Crippen molar-refractivity contribution >= 4 is 0 Å². The fourth-order valence-electron chi connectivity index (χ4n) is 6.11. The van der Waals surface area contributed by atoms with Gasteiger partial charge in [-0.15, -0.1) is 0 Å². The minimum Gasteiger partial charge on any atom is -0.487 e. The number of fused-ring (bicyclic) bond motifs is 4. The highest BCUT2D eigenvalue weighted by atomic mass is 16.5. The molecule has 2 nitrogen and oxygen atoms in total. The van der Waals surface area contributed by atoms with Crippen molar-refractivity contribution in [3.8, 4) is 11.5 Å². The van der Waals surface area contributed by atoms with Gasteiger partial charge in [0.05, 0.1) is 0 Å². The lowest BCUT2D eigenvalue weighted by Gasteiger charge is -2.47. The predicted molar refractivity (Wildman–Crippen MR) is 127 cm³/mol. The van der Waals surface area contributed by atoms with Crippen LogP contribution in [-0.4, -0.2) is 11.2 Å². The van der Waals surface area contributed by atoms with E-state index in [-0.39, 0.29) is 16.6 Å². The summed E-state index contributed by atoms with van der Waals surface area (Å²) in [5.74, 6) is 3.13. The second-order valence-electron chi connectivity index (χ2n) is 11.2. The van der Waals surface area contributed by atoms with Crippen molar-refractivity contribution in [3.63, 3.8) is 0 Å². The zero-order valence-corrected chi connectivity index (χ0v) is 19.5. The predicted octanol–water partition coefficient (Wildman–Crippen LogP) is 7.16. The Bertz CT molecular complexity index is 990. The van der Waals surface area contributed by atoms with Crippen LogP contribution < -0.4 is 9.47 Å². The van der Waals surface area contributed by atoms with E-state index < -0.39 is 0 Å². The van der Waals surface area contributed by atoms with E-state index in [1.54, 1.807) is 0 Å². The summed E-state index contributed by atoms with van der Waals surface area (Å²) in [6.07, 6.45) is 11.3. The highest BCUT2D eigenvalue weighted by molar-refractivity contribution is 5.38. The van der Waals surface area contributed by atoms with Crippen LogP contribution in [0.3, 0.4) is 0 Å². The lowest BCUT2D eigenvalue weighted by atomic mass is 9.69. The van der Waals surface area contributed by atoms with E-state index in [1.165, 1.54) is 11.1 Å². The largest absolute Gasteiger partial charge is 0.487 e. The molecule has 4 atom stereocenters. The highest BCUT2D eigenvalue weighted by Crippen LogP contribution is 2.48. The molecule has 2 aliphatic heterocycles. The quantitative estimate of drug-likeness (QED) is 0.424. The van der Waals surface area contributed by atoms with Gasteiger partial charge in [-0.2, -0.15) is 0 Å². The normalized spacial score (nSPS) is 35.0. The molecular formula is C29H36O2. The molecule has 31 heavy (non-hydrogen) atoms. The number of hydrogen-bond donors (Lipinski definition) is 0. The van der Waals surface area contributed by atoms with Crippen molar-refractivity contribution in [1.29, 1.82) is 0 Å². The summed E-state index contributed by atoms with van der Waals surface area (Å²) in [7, 11) is 0. The minimum absolute atomic E-state index is 0.129. The van der Waals surface area contributed by atoms with Crippen LogP contribution in [0, 0.1) is 17.3 Å². The molecule has 0 spiro atoms. The van der Waals surface area contributed by atoms with Crippen molar-refractivity contribution < 1.29 is 9.47 Å². The Morgan fingerprint density at radius 3 is 2.00 bits per heavy atom. The average Bonchev–Trinajstić information content (AvgIpc) is 2.73. The smallest absolute Gasteiger partial charge is 0.123 e. The van der Waals surface area contributed by atoms with Gasteiger partial charge in [0, 0.05) is 18.3 Å². The molecule has 164 valence electrons. The molecule has 2 aromatic carbocycles. The maximum Gasteiger partial charge on any atom is 0.123 e. The molecule has 0 saturated heterocycles. The minimum atomic E-state index is -0.177. The Morgan fingerprint density at radius 2 is 1.32 bits per heavy atom. The van der Waals surface area contributed by atoms with Gasteiger partial charge in [-0.05, 0) is 74.6 Å². The maximum absolute atomic E-state index is 6.81. The summed E-state index contributed by atoms with van der Waals surface area (Å²) in [5.41, 5.74) is 2.51. The summed E-state index contributed by atoms with van der Waals surface area (Å²) in [6, 6.07) is 17.2. The zero-order valence-electron chi connectivity index (χ0n) is 19.5. The molecule has 0 N–H and O–H groups in total. The van der Waals surface area contributed by atoms with Crippen LogP contribution in [0.4, 0.5) is 0 Å². The van der Waals surface area contributed by atoms with Gasteiger partial charge in [0.2, 0.25) is 0 Å². The number of allylic oxidation sites excluding steroid dienone is 1. The molecule has 0 amide bonds. The van der Waals surface area contributed by atoms with E-state index in [4.69, 9.17) is 9.47 Å². The van der Waals surface area contributed by atoms with Gasteiger partial charge < -0.3 is 9.47 Å². The van der Waals surface area contributed by atoms with Crippen LogP contribution in [0.15, 0.2) is 60.7 Å². The molecule has 2 heterocycles. The summed E-state index contributed by atoms with van der Waals surface area (Å²) < 4.78 is 13.5. The van der Waals surface area contributed by atoms with Crippen molar-refractivity contribution in [2.45, 2.75) is 77.4 Å². The number of ether oxygens (including phenoxy) is 2. The third-order valence-corrected chi connectivity index (χ3v) is 8.15. The number of rotatable bonds is 0. The Hall–Kier alpha value is -2.22. The van der Waals surface area contributed by atoms with E-state index in [1.807, 2.05) is 0 Å². The second-order valence-corrected chi connectivity index (χ2v) is 11.2. The molecule has 0 bridgehead atoms. The molecule has 0 unspecified atom stereocenters. The molecule has 2 aromatic rings. The van der Waals surface area contributed by atoms with Gasteiger partial charge in [0.15, 0.2) is 0 Å². The van der Waals surface area contributed by atoms with Crippen LogP contribution in [0.5, 0.6) is 11.5 Å². The van der Waals surface area contributed by atoms with Crippen molar-refractivity contribution in [2.24, 2.45) is 17.3 Å². The van der Waals surface area contributed by atoms with Gasteiger partial charge >= 0.3 is 0 Å².